The predicted molar refractivity (Wildman–Crippen MR) is 53.4 cm³/mol. The average molecular weight is 195 g/mol. The molecule has 0 aliphatic heterocycles. The Hall–Kier alpha value is -0.820. The summed E-state index contributed by atoms with van der Waals surface area (Å²) in [7, 11) is 0. The first-order chi connectivity index (χ1) is 6.11. The highest BCUT2D eigenvalue weighted by Gasteiger charge is 2.28. The Kier molecular flexibility index (Phi) is 1.92. The average Bonchev–Trinajstić information content (AvgIpc) is 2.37. The summed E-state index contributed by atoms with van der Waals surface area (Å²) < 4.78 is 0. The molecule has 1 aliphatic carbocycles. The summed E-state index contributed by atoms with van der Waals surface area (Å²) >= 11 is 5.95. The number of ketones is 1. The van der Waals surface area contributed by atoms with E-state index in [1.54, 1.807) is 0 Å². The fraction of sp³-hybridized carbons (Fsp3) is 0.364. The van der Waals surface area contributed by atoms with E-state index in [0.29, 0.717) is 5.02 Å². The summed E-state index contributed by atoms with van der Waals surface area (Å²) in [5, 5.41) is 0.696. The molecule has 0 spiro atoms. The van der Waals surface area contributed by atoms with Crippen LogP contribution in [0.2, 0.25) is 5.02 Å². The lowest BCUT2D eigenvalue weighted by atomic mass is 10.0. The number of carbonyl (C=O) groups excluding carboxylic acids is 1. The van der Waals surface area contributed by atoms with Crippen molar-refractivity contribution < 1.29 is 4.79 Å². The van der Waals surface area contributed by atoms with E-state index >= 15 is 0 Å². The molecule has 0 aromatic heterocycles. The molecule has 0 amide bonds. The second-order valence-corrected chi connectivity index (χ2v) is 4.08. The van der Waals surface area contributed by atoms with Gasteiger partial charge in [0.2, 0.25) is 0 Å². The Bertz CT molecular complexity index is 382. The first kappa shape index (κ1) is 8.76. The second kappa shape index (κ2) is 2.85. The maximum atomic E-state index is 11.7. The van der Waals surface area contributed by atoms with E-state index in [0.717, 1.165) is 23.1 Å². The van der Waals surface area contributed by atoms with Crippen molar-refractivity contribution in [2.45, 2.75) is 20.3 Å². The van der Waals surface area contributed by atoms with Gasteiger partial charge in [0.25, 0.3) is 0 Å². The Morgan fingerprint density at radius 3 is 2.85 bits per heavy atom. The molecule has 0 saturated carbocycles. The van der Waals surface area contributed by atoms with E-state index in [4.69, 9.17) is 11.6 Å². The number of Topliss-reactive ketones (excluding diaryl/α,β-unsaturated/α-hetero) is 1. The molecule has 1 aromatic rings. The molecule has 1 aliphatic rings. The SMILES string of the molecule is Cc1c(Cl)ccc2c1C(=O)C(C)C2. The summed E-state index contributed by atoms with van der Waals surface area (Å²) in [4.78, 5) is 11.7. The molecule has 68 valence electrons. The highest BCUT2D eigenvalue weighted by Crippen LogP contribution is 2.32. The van der Waals surface area contributed by atoms with Crippen LogP contribution in [0.1, 0.15) is 28.4 Å². The molecular formula is C11H11ClO. The van der Waals surface area contributed by atoms with Gasteiger partial charge >= 0.3 is 0 Å². The van der Waals surface area contributed by atoms with Crippen molar-refractivity contribution in [2.24, 2.45) is 5.92 Å². The van der Waals surface area contributed by atoms with Crippen molar-refractivity contribution in [3.8, 4) is 0 Å². The third-order valence-electron chi connectivity index (χ3n) is 2.71. The second-order valence-electron chi connectivity index (χ2n) is 3.68. The van der Waals surface area contributed by atoms with Crippen molar-refractivity contribution in [1.29, 1.82) is 0 Å². The normalized spacial score (nSPS) is 20.5. The van der Waals surface area contributed by atoms with E-state index in [1.807, 2.05) is 26.0 Å². The maximum Gasteiger partial charge on any atom is 0.166 e. The fourth-order valence-electron chi connectivity index (χ4n) is 1.92. The molecule has 1 unspecified atom stereocenters. The summed E-state index contributed by atoms with van der Waals surface area (Å²) in [6.45, 7) is 3.88. The first-order valence-electron chi connectivity index (χ1n) is 4.43. The minimum absolute atomic E-state index is 0.132. The largest absolute Gasteiger partial charge is 0.294 e. The highest BCUT2D eigenvalue weighted by atomic mass is 35.5. The molecule has 0 bridgehead atoms. The highest BCUT2D eigenvalue weighted by molar-refractivity contribution is 6.32. The molecule has 0 saturated heterocycles. The number of rotatable bonds is 0. The zero-order valence-corrected chi connectivity index (χ0v) is 8.48. The van der Waals surface area contributed by atoms with E-state index in [2.05, 4.69) is 0 Å². The van der Waals surface area contributed by atoms with Crippen LogP contribution in [0.15, 0.2) is 12.1 Å². The molecule has 1 aromatic carbocycles. The van der Waals surface area contributed by atoms with Crippen molar-refractivity contribution in [2.75, 3.05) is 0 Å². The van der Waals surface area contributed by atoms with E-state index < -0.39 is 0 Å². The molecule has 0 radical (unpaired) electrons. The fourth-order valence-corrected chi connectivity index (χ4v) is 2.08. The lowest BCUT2D eigenvalue weighted by Crippen LogP contribution is -2.04. The van der Waals surface area contributed by atoms with Crippen LogP contribution in [0.3, 0.4) is 0 Å². The topological polar surface area (TPSA) is 17.1 Å². The number of hydrogen-bond acceptors (Lipinski definition) is 1. The van der Waals surface area contributed by atoms with Gasteiger partial charge in [0.05, 0.1) is 0 Å². The lowest BCUT2D eigenvalue weighted by molar-refractivity contribution is 0.0946. The number of benzene rings is 1. The van der Waals surface area contributed by atoms with E-state index in [9.17, 15) is 4.79 Å². The molecule has 2 heteroatoms. The molecule has 1 atom stereocenters. The lowest BCUT2D eigenvalue weighted by Gasteiger charge is -2.03. The standard InChI is InChI=1S/C11H11ClO/c1-6-5-8-3-4-9(12)7(2)10(8)11(6)13/h3-4,6H,5H2,1-2H3. The van der Waals surface area contributed by atoms with Gasteiger partial charge < -0.3 is 0 Å². The maximum absolute atomic E-state index is 11.7. The van der Waals surface area contributed by atoms with Gasteiger partial charge in [0.15, 0.2) is 5.78 Å². The minimum Gasteiger partial charge on any atom is -0.294 e. The van der Waals surface area contributed by atoms with Gasteiger partial charge in [-0.2, -0.15) is 0 Å². The van der Waals surface area contributed by atoms with Gasteiger partial charge in [0, 0.05) is 16.5 Å². The monoisotopic (exact) mass is 194 g/mol. The molecule has 2 rings (SSSR count). The van der Waals surface area contributed by atoms with Gasteiger partial charge in [-0.3, -0.25) is 4.79 Å². The number of carbonyl (C=O) groups is 1. The summed E-state index contributed by atoms with van der Waals surface area (Å²) in [6, 6.07) is 3.84. The van der Waals surface area contributed by atoms with Gasteiger partial charge in [-0.05, 0) is 30.5 Å². The van der Waals surface area contributed by atoms with Crippen LogP contribution in [0.4, 0.5) is 0 Å². The van der Waals surface area contributed by atoms with Crippen molar-refractivity contribution in [3.63, 3.8) is 0 Å². The van der Waals surface area contributed by atoms with Crippen LogP contribution >= 0.6 is 11.6 Å². The molecule has 0 N–H and O–H groups in total. The summed E-state index contributed by atoms with van der Waals surface area (Å²) in [6.07, 6.45) is 0.867. The van der Waals surface area contributed by atoms with Crippen molar-refractivity contribution >= 4 is 17.4 Å². The van der Waals surface area contributed by atoms with Crippen LogP contribution in [0.5, 0.6) is 0 Å². The molecule has 0 fully saturated rings. The third kappa shape index (κ3) is 1.19. The third-order valence-corrected chi connectivity index (χ3v) is 3.11. The zero-order valence-electron chi connectivity index (χ0n) is 7.73. The minimum atomic E-state index is 0.132. The smallest absolute Gasteiger partial charge is 0.166 e. The predicted octanol–water partition coefficient (Wildman–Crippen LogP) is 3.02. The molecule has 13 heavy (non-hydrogen) atoms. The van der Waals surface area contributed by atoms with E-state index in [1.165, 1.54) is 0 Å². The zero-order chi connectivity index (χ0) is 9.59. The van der Waals surface area contributed by atoms with Crippen LogP contribution in [0.25, 0.3) is 0 Å². The van der Waals surface area contributed by atoms with Gasteiger partial charge in [-0.1, -0.05) is 24.6 Å². The molecular weight excluding hydrogens is 184 g/mol. The summed E-state index contributed by atoms with van der Waals surface area (Å²) in [5.41, 5.74) is 2.95. The molecule has 0 heterocycles. The van der Waals surface area contributed by atoms with Crippen LogP contribution < -0.4 is 0 Å². The van der Waals surface area contributed by atoms with Gasteiger partial charge in [0.1, 0.15) is 0 Å². The quantitative estimate of drug-likeness (QED) is 0.621. The van der Waals surface area contributed by atoms with Crippen LogP contribution in [-0.4, -0.2) is 5.78 Å². The summed E-state index contributed by atoms with van der Waals surface area (Å²) in [5.74, 6) is 0.377. The van der Waals surface area contributed by atoms with Gasteiger partial charge in [-0.25, -0.2) is 0 Å². The van der Waals surface area contributed by atoms with Crippen molar-refractivity contribution in [1.82, 2.24) is 0 Å². The molecule has 1 nitrogen and oxygen atoms in total. The van der Waals surface area contributed by atoms with E-state index in [-0.39, 0.29) is 11.7 Å². The van der Waals surface area contributed by atoms with Crippen LogP contribution in [0, 0.1) is 12.8 Å². The van der Waals surface area contributed by atoms with Gasteiger partial charge in [-0.15, -0.1) is 0 Å². The Balaban J connectivity index is 2.66. The number of hydrogen-bond donors (Lipinski definition) is 0. The van der Waals surface area contributed by atoms with Crippen LogP contribution in [-0.2, 0) is 6.42 Å². The Morgan fingerprint density at radius 2 is 2.15 bits per heavy atom. The Morgan fingerprint density at radius 1 is 1.46 bits per heavy atom. The first-order valence-corrected chi connectivity index (χ1v) is 4.81. The van der Waals surface area contributed by atoms with Crippen molar-refractivity contribution in [3.05, 3.63) is 33.8 Å². The number of fused-ring (bicyclic) bond motifs is 1. The number of halogens is 1. The Labute approximate surface area is 82.7 Å².